The zero-order chi connectivity index (χ0) is 25.7. The number of amides is 5. The molecule has 7 N–H and O–H groups in total. The summed E-state index contributed by atoms with van der Waals surface area (Å²) in [5.74, 6) is -1.83. The molecule has 0 aromatic carbocycles. The first-order valence-electron chi connectivity index (χ1n) is 10.5. The highest BCUT2D eigenvalue weighted by atomic mass is 16.2. The second kappa shape index (κ2) is 10.4. The van der Waals surface area contributed by atoms with Crippen molar-refractivity contribution in [1.29, 1.82) is 0 Å². The molecular weight excluding hydrogens is 456 g/mol. The second-order valence-electron chi connectivity index (χ2n) is 7.79. The van der Waals surface area contributed by atoms with Crippen LogP contribution in [0.3, 0.4) is 0 Å². The van der Waals surface area contributed by atoms with Crippen LogP contribution in [0.4, 0.5) is 17.1 Å². The Bertz CT molecular complexity index is 1300. The smallest absolute Gasteiger partial charge is 0.272 e. The first kappa shape index (κ1) is 24.8. The number of aromatic amines is 1. The lowest BCUT2D eigenvalue weighted by Gasteiger charge is -2.06. The predicted octanol–water partition coefficient (Wildman–Crippen LogP) is 0.678. The number of hydrogen-bond donors (Lipinski definition) is 6. The van der Waals surface area contributed by atoms with Crippen LogP contribution in [0.15, 0.2) is 30.7 Å². The molecule has 3 heterocycles. The average molecular weight is 483 g/mol. The van der Waals surface area contributed by atoms with Crippen LogP contribution in [0.5, 0.6) is 0 Å². The van der Waals surface area contributed by atoms with E-state index in [4.69, 9.17) is 5.73 Å². The van der Waals surface area contributed by atoms with Crippen LogP contribution in [0.25, 0.3) is 0 Å². The highest BCUT2D eigenvalue weighted by molar-refractivity contribution is 6.08. The number of nitrogens with zero attached hydrogens (tertiary/aromatic N) is 2. The fourth-order valence-corrected chi connectivity index (χ4v) is 3.43. The van der Waals surface area contributed by atoms with Crippen molar-refractivity contribution >= 4 is 47.1 Å². The van der Waals surface area contributed by atoms with Crippen molar-refractivity contribution in [3.63, 3.8) is 0 Å². The minimum absolute atomic E-state index is 0.0162. The van der Waals surface area contributed by atoms with Crippen molar-refractivity contribution in [2.75, 3.05) is 22.5 Å². The number of primary amides is 1. The molecule has 0 radical (unpaired) electrons. The summed E-state index contributed by atoms with van der Waals surface area (Å²) in [6.45, 7) is 1.77. The maximum Gasteiger partial charge on any atom is 0.272 e. The van der Waals surface area contributed by atoms with Gasteiger partial charge in [-0.2, -0.15) is 0 Å². The van der Waals surface area contributed by atoms with E-state index in [0.717, 1.165) is 0 Å². The van der Waals surface area contributed by atoms with Crippen LogP contribution < -0.4 is 27.0 Å². The normalized spacial score (nSPS) is 10.5. The van der Waals surface area contributed by atoms with E-state index in [0.29, 0.717) is 34.7 Å². The molecule has 0 saturated carbocycles. The maximum absolute atomic E-state index is 12.9. The molecule has 0 aliphatic heterocycles. The van der Waals surface area contributed by atoms with Gasteiger partial charge in [-0.25, -0.2) is 0 Å². The molecule has 13 nitrogen and oxygen atoms in total. The number of carbonyl (C=O) groups is 5. The van der Waals surface area contributed by atoms with Crippen molar-refractivity contribution < 1.29 is 24.0 Å². The molecular formula is C22H26N8O5. The topological polar surface area (TPSA) is 185 Å². The van der Waals surface area contributed by atoms with E-state index in [9.17, 15) is 24.0 Å². The number of aryl methyl sites for hydroxylation is 2. The minimum Gasteiger partial charge on any atom is -0.370 e. The molecule has 0 aliphatic carbocycles. The Kier molecular flexibility index (Phi) is 7.39. The number of hydrogen-bond acceptors (Lipinski definition) is 5. The fraction of sp³-hybridized carbons (Fsp3) is 0.227. The third kappa shape index (κ3) is 5.76. The standard InChI is InChI=1S/C22H26N8O5/c1-12-15(8-25-19(12)22(35)24-5-4-18(23)32)28-21(34)17-7-14(10-30(17)3)27-20(33)16-6-13(26-11-31)9-29(16)2/h6-11,25H,4-5H2,1-3H3,(H2,23,32)(H,24,35)(H,26,31)(H,27,33)(H,28,34). The van der Waals surface area contributed by atoms with E-state index in [-0.39, 0.29) is 24.4 Å². The number of rotatable bonds is 10. The molecule has 0 spiro atoms. The van der Waals surface area contributed by atoms with Gasteiger partial charge in [0.05, 0.1) is 17.1 Å². The van der Waals surface area contributed by atoms with Gasteiger partial charge in [-0.05, 0) is 19.1 Å². The molecule has 5 amide bonds. The SMILES string of the molecule is Cc1c(NC(=O)c2cc(NC(=O)c3cc(NC=O)cn3C)cn2C)c[nH]c1C(=O)NCCC(N)=O. The Balaban J connectivity index is 1.67. The highest BCUT2D eigenvalue weighted by Crippen LogP contribution is 2.21. The summed E-state index contributed by atoms with van der Waals surface area (Å²) in [7, 11) is 3.32. The number of carbonyl (C=O) groups excluding carboxylic acids is 5. The second-order valence-corrected chi connectivity index (χ2v) is 7.79. The molecule has 0 aliphatic rings. The van der Waals surface area contributed by atoms with Gasteiger partial charge in [0.2, 0.25) is 12.3 Å². The van der Waals surface area contributed by atoms with Gasteiger partial charge in [-0.1, -0.05) is 0 Å². The Morgan fingerprint density at radius 1 is 0.971 bits per heavy atom. The molecule has 13 heteroatoms. The first-order valence-corrected chi connectivity index (χ1v) is 10.5. The van der Waals surface area contributed by atoms with Gasteiger partial charge in [0, 0.05) is 51.2 Å². The zero-order valence-electron chi connectivity index (χ0n) is 19.4. The molecule has 184 valence electrons. The summed E-state index contributed by atoms with van der Waals surface area (Å²) >= 11 is 0. The van der Waals surface area contributed by atoms with Crippen LogP contribution in [0.2, 0.25) is 0 Å². The Hall–Kier alpha value is -4.81. The third-order valence-corrected chi connectivity index (χ3v) is 5.23. The number of nitrogens with two attached hydrogens (primary N) is 1. The van der Waals surface area contributed by atoms with Crippen LogP contribution in [-0.2, 0) is 23.7 Å². The average Bonchev–Trinajstić information content (AvgIpc) is 3.45. The number of anilines is 3. The van der Waals surface area contributed by atoms with Gasteiger partial charge < -0.3 is 41.1 Å². The van der Waals surface area contributed by atoms with E-state index in [1.807, 2.05) is 0 Å². The Morgan fingerprint density at radius 2 is 1.57 bits per heavy atom. The molecule has 0 fully saturated rings. The minimum atomic E-state index is -0.525. The fourth-order valence-electron chi connectivity index (χ4n) is 3.43. The number of aromatic nitrogens is 3. The van der Waals surface area contributed by atoms with Gasteiger partial charge in [-0.15, -0.1) is 0 Å². The van der Waals surface area contributed by atoms with Crippen molar-refractivity contribution in [2.45, 2.75) is 13.3 Å². The summed E-state index contributed by atoms with van der Waals surface area (Å²) < 4.78 is 3.11. The molecule has 0 bridgehead atoms. The van der Waals surface area contributed by atoms with Crippen LogP contribution in [0.1, 0.15) is 43.4 Å². The lowest BCUT2D eigenvalue weighted by Crippen LogP contribution is -2.28. The van der Waals surface area contributed by atoms with Gasteiger partial charge >= 0.3 is 0 Å². The van der Waals surface area contributed by atoms with E-state index in [1.165, 1.54) is 18.3 Å². The molecule has 35 heavy (non-hydrogen) atoms. The largest absolute Gasteiger partial charge is 0.370 e. The first-order chi connectivity index (χ1) is 16.6. The van der Waals surface area contributed by atoms with Crippen molar-refractivity contribution in [1.82, 2.24) is 19.4 Å². The quantitative estimate of drug-likeness (QED) is 0.232. The maximum atomic E-state index is 12.9. The van der Waals surface area contributed by atoms with E-state index in [2.05, 4.69) is 26.3 Å². The Morgan fingerprint density at radius 3 is 2.20 bits per heavy atom. The third-order valence-electron chi connectivity index (χ3n) is 5.23. The molecule has 0 unspecified atom stereocenters. The molecule has 0 saturated heterocycles. The molecule has 3 aromatic heterocycles. The number of nitrogens with one attached hydrogen (secondary N) is 5. The zero-order valence-corrected chi connectivity index (χ0v) is 19.4. The number of H-pyrrole nitrogens is 1. The van der Waals surface area contributed by atoms with E-state index >= 15 is 0 Å². The van der Waals surface area contributed by atoms with E-state index < -0.39 is 23.6 Å². The lowest BCUT2D eigenvalue weighted by molar-refractivity contribution is -0.117. The van der Waals surface area contributed by atoms with Gasteiger partial charge in [0.1, 0.15) is 17.1 Å². The van der Waals surface area contributed by atoms with Crippen LogP contribution in [0, 0.1) is 6.92 Å². The molecule has 3 aromatic rings. The van der Waals surface area contributed by atoms with Crippen LogP contribution in [-0.4, -0.2) is 50.7 Å². The summed E-state index contributed by atoms with van der Waals surface area (Å²) in [4.78, 5) is 62.0. The molecule has 0 atom stereocenters. The molecule has 3 rings (SSSR count). The summed E-state index contributed by atoms with van der Waals surface area (Å²) in [6, 6.07) is 3.04. The van der Waals surface area contributed by atoms with Gasteiger partial charge in [-0.3, -0.25) is 24.0 Å². The summed E-state index contributed by atoms with van der Waals surface area (Å²) in [5, 5.41) is 10.5. The monoisotopic (exact) mass is 482 g/mol. The highest BCUT2D eigenvalue weighted by Gasteiger charge is 2.19. The van der Waals surface area contributed by atoms with Gasteiger partial charge in [0.25, 0.3) is 17.7 Å². The van der Waals surface area contributed by atoms with Crippen molar-refractivity contribution in [2.24, 2.45) is 19.8 Å². The van der Waals surface area contributed by atoms with E-state index in [1.54, 1.807) is 42.5 Å². The summed E-state index contributed by atoms with van der Waals surface area (Å²) in [6.07, 6.45) is 5.20. The summed E-state index contributed by atoms with van der Waals surface area (Å²) in [5.41, 5.74) is 7.68. The van der Waals surface area contributed by atoms with Crippen molar-refractivity contribution in [3.05, 3.63) is 53.4 Å². The lowest BCUT2D eigenvalue weighted by atomic mass is 10.2. The van der Waals surface area contributed by atoms with Gasteiger partial charge in [0.15, 0.2) is 0 Å². The predicted molar refractivity (Wildman–Crippen MR) is 128 cm³/mol. The Labute approximate surface area is 200 Å². The van der Waals surface area contributed by atoms with Crippen LogP contribution >= 0.6 is 0 Å². The van der Waals surface area contributed by atoms with Crippen molar-refractivity contribution in [3.8, 4) is 0 Å².